The van der Waals surface area contributed by atoms with Crippen molar-refractivity contribution in [1.29, 1.82) is 0 Å². The molecule has 0 aliphatic rings. The first kappa shape index (κ1) is 20.3. The van der Waals surface area contributed by atoms with E-state index in [2.05, 4.69) is 20.6 Å². The molecule has 0 fully saturated rings. The number of hydrogen-bond donors (Lipinski definition) is 2. The van der Waals surface area contributed by atoms with Gasteiger partial charge in [-0.25, -0.2) is 17.8 Å². The predicted molar refractivity (Wildman–Crippen MR) is 103 cm³/mol. The Kier molecular flexibility index (Phi) is 7.52. The maximum atomic E-state index is 13.7. The molecule has 6 nitrogen and oxygen atoms in total. The summed E-state index contributed by atoms with van der Waals surface area (Å²) < 4.78 is 38.1. The molecule has 9 heteroatoms. The van der Waals surface area contributed by atoms with E-state index in [1.54, 1.807) is 11.3 Å². The van der Waals surface area contributed by atoms with E-state index in [1.165, 1.54) is 18.2 Å². The summed E-state index contributed by atoms with van der Waals surface area (Å²) in [6.45, 7) is 5.22. The summed E-state index contributed by atoms with van der Waals surface area (Å²) in [7, 11) is -3.71. The molecule has 2 aromatic rings. The van der Waals surface area contributed by atoms with Crippen molar-refractivity contribution in [2.24, 2.45) is 4.99 Å². The van der Waals surface area contributed by atoms with Gasteiger partial charge >= 0.3 is 0 Å². The number of guanidine groups is 1. The smallest absolute Gasteiger partial charge is 0.191 e. The Labute approximate surface area is 157 Å². The normalized spacial score (nSPS) is 12.2. The zero-order valence-electron chi connectivity index (χ0n) is 14.8. The van der Waals surface area contributed by atoms with Crippen LogP contribution in [0.2, 0.25) is 0 Å². The molecule has 0 spiro atoms. The highest BCUT2D eigenvalue weighted by Gasteiger charge is 2.18. The van der Waals surface area contributed by atoms with Gasteiger partial charge in [-0.05, 0) is 26.0 Å². The van der Waals surface area contributed by atoms with Crippen LogP contribution in [-0.2, 0) is 16.3 Å². The number of aliphatic imine (C=N–C) groups is 1. The fourth-order valence-electron chi connectivity index (χ4n) is 2.26. The van der Waals surface area contributed by atoms with E-state index in [0.717, 1.165) is 23.2 Å². The van der Waals surface area contributed by atoms with Gasteiger partial charge in [0.15, 0.2) is 15.8 Å². The van der Waals surface area contributed by atoms with Crippen LogP contribution in [0.1, 0.15) is 17.6 Å². The fourth-order valence-corrected chi connectivity index (χ4v) is 4.11. The van der Waals surface area contributed by atoms with E-state index in [9.17, 15) is 12.8 Å². The lowest BCUT2D eigenvalue weighted by Crippen LogP contribution is -2.38. The number of halogens is 1. The minimum Gasteiger partial charge on any atom is -0.357 e. The number of aromatic nitrogens is 1. The summed E-state index contributed by atoms with van der Waals surface area (Å²) in [5.74, 6) is -0.459. The molecule has 0 atom stereocenters. The van der Waals surface area contributed by atoms with Crippen molar-refractivity contribution < 1.29 is 12.8 Å². The largest absolute Gasteiger partial charge is 0.357 e. The van der Waals surface area contributed by atoms with Gasteiger partial charge in [0.25, 0.3) is 0 Å². The molecule has 0 aliphatic carbocycles. The molecule has 26 heavy (non-hydrogen) atoms. The van der Waals surface area contributed by atoms with E-state index in [0.29, 0.717) is 19.0 Å². The molecule has 0 amide bonds. The minimum absolute atomic E-state index is 0.0435. The summed E-state index contributed by atoms with van der Waals surface area (Å²) in [5.41, 5.74) is 1.01. The Balaban J connectivity index is 1.90. The zero-order chi connectivity index (χ0) is 19.0. The van der Waals surface area contributed by atoms with Gasteiger partial charge in [0.05, 0.1) is 23.0 Å². The average Bonchev–Trinajstić information content (AvgIpc) is 3.00. The lowest BCUT2D eigenvalue weighted by Gasteiger charge is -2.11. The number of nitrogens with zero attached hydrogens (tertiary/aromatic N) is 2. The van der Waals surface area contributed by atoms with Crippen LogP contribution in [0, 0.1) is 12.7 Å². The van der Waals surface area contributed by atoms with Crippen LogP contribution >= 0.6 is 11.3 Å². The third-order valence-electron chi connectivity index (χ3n) is 3.49. The van der Waals surface area contributed by atoms with E-state index < -0.39 is 15.7 Å². The molecule has 1 aromatic carbocycles. The topological polar surface area (TPSA) is 83.5 Å². The van der Waals surface area contributed by atoms with Crippen LogP contribution < -0.4 is 10.6 Å². The molecule has 142 valence electrons. The van der Waals surface area contributed by atoms with Crippen molar-refractivity contribution >= 4 is 27.1 Å². The molecular formula is C17H23FN4O2S2. The molecule has 0 radical (unpaired) electrons. The monoisotopic (exact) mass is 398 g/mol. The van der Waals surface area contributed by atoms with Crippen LogP contribution in [0.25, 0.3) is 0 Å². The SMILES string of the molecule is CCNC(=NCCS(=O)(=O)c1ccccc1F)NCCc1csc(C)n1. The van der Waals surface area contributed by atoms with Gasteiger partial charge in [-0.3, -0.25) is 4.99 Å². The van der Waals surface area contributed by atoms with Gasteiger partial charge in [0.2, 0.25) is 0 Å². The lowest BCUT2D eigenvalue weighted by atomic mass is 10.3. The van der Waals surface area contributed by atoms with Crippen molar-refractivity contribution in [3.05, 3.63) is 46.2 Å². The van der Waals surface area contributed by atoms with E-state index in [1.807, 2.05) is 19.2 Å². The van der Waals surface area contributed by atoms with E-state index in [4.69, 9.17) is 0 Å². The first-order chi connectivity index (χ1) is 12.4. The molecule has 2 rings (SSSR count). The summed E-state index contributed by atoms with van der Waals surface area (Å²) in [4.78, 5) is 8.37. The molecule has 2 N–H and O–H groups in total. The number of nitrogens with one attached hydrogen (secondary N) is 2. The van der Waals surface area contributed by atoms with Crippen molar-refractivity contribution in [3.63, 3.8) is 0 Å². The molecule has 0 saturated carbocycles. The van der Waals surface area contributed by atoms with Gasteiger partial charge in [-0.1, -0.05) is 12.1 Å². The number of rotatable bonds is 8. The van der Waals surface area contributed by atoms with Crippen LogP contribution in [0.4, 0.5) is 4.39 Å². The third-order valence-corrected chi connectivity index (χ3v) is 6.03. The second-order valence-corrected chi connectivity index (χ2v) is 8.68. The number of thiazole rings is 1. The van der Waals surface area contributed by atoms with Crippen molar-refractivity contribution in [2.45, 2.75) is 25.2 Å². The fraction of sp³-hybridized carbons (Fsp3) is 0.412. The van der Waals surface area contributed by atoms with Gasteiger partial charge in [0.1, 0.15) is 10.7 Å². The molecule has 0 saturated heterocycles. The molecule has 1 heterocycles. The van der Waals surface area contributed by atoms with E-state index >= 15 is 0 Å². The van der Waals surface area contributed by atoms with Crippen molar-refractivity contribution in [1.82, 2.24) is 15.6 Å². The zero-order valence-corrected chi connectivity index (χ0v) is 16.5. The van der Waals surface area contributed by atoms with Gasteiger partial charge < -0.3 is 10.6 Å². The van der Waals surface area contributed by atoms with Gasteiger partial charge in [0, 0.05) is 24.9 Å². The molecular weight excluding hydrogens is 375 g/mol. The van der Waals surface area contributed by atoms with Crippen LogP contribution in [0.3, 0.4) is 0 Å². The quantitative estimate of drug-likeness (QED) is 0.526. The minimum atomic E-state index is -3.71. The molecule has 0 bridgehead atoms. The number of benzene rings is 1. The predicted octanol–water partition coefficient (Wildman–Crippen LogP) is 2.16. The summed E-state index contributed by atoms with van der Waals surface area (Å²) >= 11 is 1.61. The first-order valence-electron chi connectivity index (χ1n) is 8.33. The highest BCUT2D eigenvalue weighted by atomic mass is 32.2. The molecule has 0 aliphatic heterocycles. The summed E-state index contributed by atoms with van der Waals surface area (Å²) in [6, 6.07) is 5.38. The highest BCUT2D eigenvalue weighted by Crippen LogP contribution is 2.15. The Morgan fingerprint density at radius 1 is 1.31 bits per heavy atom. The van der Waals surface area contributed by atoms with Gasteiger partial charge in [-0.2, -0.15) is 0 Å². The average molecular weight is 399 g/mol. The Morgan fingerprint density at radius 2 is 2.08 bits per heavy atom. The summed E-state index contributed by atoms with van der Waals surface area (Å²) in [6.07, 6.45) is 0.752. The highest BCUT2D eigenvalue weighted by molar-refractivity contribution is 7.91. The molecule has 0 unspecified atom stereocenters. The second-order valence-electron chi connectivity index (χ2n) is 5.54. The van der Waals surface area contributed by atoms with Gasteiger partial charge in [-0.15, -0.1) is 11.3 Å². The Bertz CT molecular complexity index is 850. The van der Waals surface area contributed by atoms with Crippen molar-refractivity contribution in [2.75, 3.05) is 25.4 Å². The Morgan fingerprint density at radius 3 is 2.73 bits per heavy atom. The van der Waals surface area contributed by atoms with Crippen LogP contribution in [0.5, 0.6) is 0 Å². The number of aryl methyl sites for hydroxylation is 1. The van der Waals surface area contributed by atoms with Crippen LogP contribution in [-0.4, -0.2) is 44.7 Å². The number of sulfone groups is 1. The van der Waals surface area contributed by atoms with Crippen LogP contribution in [0.15, 0.2) is 39.5 Å². The maximum absolute atomic E-state index is 13.7. The molecule has 1 aromatic heterocycles. The number of hydrogen-bond acceptors (Lipinski definition) is 5. The summed E-state index contributed by atoms with van der Waals surface area (Å²) in [5, 5.41) is 9.26. The Hall–Kier alpha value is -2.00. The maximum Gasteiger partial charge on any atom is 0.191 e. The lowest BCUT2D eigenvalue weighted by molar-refractivity contribution is 0.567. The third kappa shape index (κ3) is 6.06. The second kappa shape index (κ2) is 9.63. The van der Waals surface area contributed by atoms with Crippen molar-refractivity contribution in [3.8, 4) is 0 Å². The standard InChI is InChI=1S/C17H23FN4O2S2/c1-3-19-17(20-9-8-14-12-25-13(2)22-14)21-10-11-26(23,24)16-7-5-4-6-15(16)18/h4-7,12H,3,8-11H2,1-2H3,(H2,19,20,21). The van der Waals surface area contributed by atoms with E-state index in [-0.39, 0.29) is 17.2 Å². The first-order valence-corrected chi connectivity index (χ1v) is 10.9.